The van der Waals surface area contributed by atoms with Gasteiger partial charge >= 0.3 is 0 Å². The van der Waals surface area contributed by atoms with Crippen molar-refractivity contribution in [3.8, 4) is 5.75 Å². The first-order valence-corrected chi connectivity index (χ1v) is 10.0. The Bertz CT molecular complexity index is 926. The van der Waals surface area contributed by atoms with Crippen molar-refractivity contribution in [3.05, 3.63) is 57.8 Å². The van der Waals surface area contributed by atoms with Crippen molar-refractivity contribution in [2.24, 2.45) is 0 Å². The summed E-state index contributed by atoms with van der Waals surface area (Å²) in [6.45, 7) is 0.187. The normalized spacial score (nSPS) is 13.6. The Balaban J connectivity index is 1.46. The Morgan fingerprint density at radius 1 is 1.23 bits per heavy atom. The van der Waals surface area contributed by atoms with Gasteiger partial charge in [0.1, 0.15) is 18.2 Å². The highest BCUT2D eigenvalue weighted by atomic mass is 32.2. The van der Waals surface area contributed by atoms with Crippen LogP contribution in [0.1, 0.15) is 17.7 Å². The first-order valence-electron chi connectivity index (χ1n) is 8.38. The van der Waals surface area contributed by atoms with Gasteiger partial charge in [0.05, 0.1) is 18.0 Å². The molecule has 1 heterocycles. The molecule has 0 radical (unpaired) electrons. The lowest BCUT2D eigenvalue weighted by atomic mass is 10.2. The Morgan fingerprint density at radius 2 is 2.00 bits per heavy atom. The highest BCUT2D eigenvalue weighted by molar-refractivity contribution is 7.89. The number of nitrogens with zero attached hydrogens (tertiary/aromatic N) is 2. The molecule has 1 aromatic carbocycles. The number of benzene rings is 1. The molecule has 1 N–H and O–H groups in total. The van der Waals surface area contributed by atoms with Crippen LogP contribution < -0.4 is 15.0 Å². The number of sulfonamides is 1. The van der Waals surface area contributed by atoms with Crippen LogP contribution in [0.2, 0.25) is 0 Å². The summed E-state index contributed by atoms with van der Waals surface area (Å²) in [6, 6.07) is 6.93. The number of fused-ring (bicyclic) bond motifs is 1. The molecule has 9 heteroatoms. The van der Waals surface area contributed by atoms with Gasteiger partial charge in [-0.1, -0.05) is 0 Å². The molecule has 0 spiro atoms. The van der Waals surface area contributed by atoms with E-state index in [0.29, 0.717) is 5.75 Å². The third-order valence-electron chi connectivity index (χ3n) is 4.10. The summed E-state index contributed by atoms with van der Waals surface area (Å²) in [6.07, 6.45) is 2.72. The molecule has 0 bridgehead atoms. The van der Waals surface area contributed by atoms with E-state index >= 15 is 0 Å². The maximum Gasteiger partial charge on any atom is 0.267 e. The minimum atomic E-state index is -3.55. The predicted molar refractivity (Wildman–Crippen MR) is 94.2 cm³/mol. The van der Waals surface area contributed by atoms with Crippen LogP contribution in [-0.2, 0) is 29.4 Å². The fraction of sp³-hybridized carbons (Fsp3) is 0.412. The lowest BCUT2D eigenvalue weighted by Gasteiger charge is -2.10. The number of rotatable bonds is 8. The average molecular weight is 381 g/mol. The van der Waals surface area contributed by atoms with Crippen LogP contribution in [0, 0.1) is 5.82 Å². The van der Waals surface area contributed by atoms with Crippen LogP contribution in [0.15, 0.2) is 35.1 Å². The smallest absolute Gasteiger partial charge is 0.267 e. The van der Waals surface area contributed by atoms with E-state index in [1.54, 1.807) is 6.07 Å². The van der Waals surface area contributed by atoms with Crippen LogP contribution in [0.25, 0.3) is 0 Å². The van der Waals surface area contributed by atoms with Crippen molar-refractivity contribution in [1.82, 2.24) is 14.5 Å². The van der Waals surface area contributed by atoms with Gasteiger partial charge in [-0.05, 0) is 49.1 Å². The van der Waals surface area contributed by atoms with Crippen molar-refractivity contribution in [2.45, 2.75) is 25.8 Å². The van der Waals surface area contributed by atoms with E-state index < -0.39 is 10.0 Å². The molecule has 0 aliphatic heterocycles. The first-order chi connectivity index (χ1) is 12.4. The summed E-state index contributed by atoms with van der Waals surface area (Å²) in [4.78, 5) is 12.0. The van der Waals surface area contributed by atoms with Gasteiger partial charge in [-0.3, -0.25) is 4.79 Å². The molecule has 0 atom stereocenters. The first kappa shape index (κ1) is 18.5. The second-order valence-corrected chi connectivity index (χ2v) is 7.97. The summed E-state index contributed by atoms with van der Waals surface area (Å²) in [5, 5.41) is 4.30. The Kier molecular flexibility index (Phi) is 5.67. The van der Waals surface area contributed by atoms with Crippen LogP contribution in [-0.4, -0.2) is 37.1 Å². The van der Waals surface area contributed by atoms with Gasteiger partial charge in [0, 0.05) is 12.6 Å². The quantitative estimate of drug-likeness (QED) is 0.733. The summed E-state index contributed by atoms with van der Waals surface area (Å²) in [7, 11) is -3.55. The van der Waals surface area contributed by atoms with E-state index in [-0.39, 0.29) is 36.8 Å². The Hall–Kier alpha value is -2.26. The standard InChI is InChI=1S/C17H20FN3O4S/c18-14-4-6-15(7-5-14)25-10-11-26(23,24)19-8-9-21-17(22)12-13-2-1-3-16(13)20-21/h4-7,12,19H,1-3,8-11H2. The molecule has 2 aromatic rings. The zero-order valence-corrected chi connectivity index (χ0v) is 15.0. The van der Waals surface area contributed by atoms with Crippen molar-refractivity contribution in [2.75, 3.05) is 18.9 Å². The molecule has 0 amide bonds. The largest absolute Gasteiger partial charge is 0.492 e. The number of nitrogens with one attached hydrogen (secondary N) is 1. The van der Waals surface area contributed by atoms with Crippen LogP contribution in [0.4, 0.5) is 4.39 Å². The highest BCUT2D eigenvalue weighted by Crippen LogP contribution is 2.16. The molecule has 1 aliphatic carbocycles. The molecular formula is C17H20FN3O4S. The van der Waals surface area contributed by atoms with E-state index in [9.17, 15) is 17.6 Å². The summed E-state index contributed by atoms with van der Waals surface area (Å²) in [5.74, 6) is -0.228. The number of aryl methyl sites for hydroxylation is 2. The highest BCUT2D eigenvalue weighted by Gasteiger charge is 2.15. The predicted octanol–water partition coefficient (Wildman–Crippen LogP) is 0.869. The number of halogens is 1. The van der Waals surface area contributed by atoms with Crippen molar-refractivity contribution >= 4 is 10.0 Å². The molecule has 26 heavy (non-hydrogen) atoms. The van der Waals surface area contributed by atoms with Gasteiger partial charge in [-0.2, -0.15) is 5.10 Å². The van der Waals surface area contributed by atoms with Crippen molar-refractivity contribution in [3.63, 3.8) is 0 Å². The van der Waals surface area contributed by atoms with Gasteiger partial charge in [0.15, 0.2) is 0 Å². The average Bonchev–Trinajstić information content (AvgIpc) is 3.03. The summed E-state index contributed by atoms with van der Waals surface area (Å²) in [5.41, 5.74) is 1.69. The maximum atomic E-state index is 12.8. The number of ether oxygens (including phenoxy) is 1. The van der Waals surface area contributed by atoms with Gasteiger partial charge in [0.25, 0.3) is 5.56 Å². The Morgan fingerprint density at radius 3 is 2.77 bits per heavy atom. The van der Waals surface area contributed by atoms with Crippen molar-refractivity contribution in [1.29, 1.82) is 0 Å². The van der Waals surface area contributed by atoms with Gasteiger partial charge < -0.3 is 4.74 Å². The number of hydrogen-bond donors (Lipinski definition) is 1. The number of aromatic nitrogens is 2. The molecule has 0 saturated carbocycles. The van der Waals surface area contributed by atoms with Crippen LogP contribution >= 0.6 is 0 Å². The molecule has 0 fully saturated rings. The molecule has 0 unspecified atom stereocenters. The fourth-order valence-corrected chi connectivity index (χ4v) is 3.63. The molecule has 7 nitrogen and oxygen atoms in total. The molecule has 0 saturated heterocycles. The van der Waals surface area contributed by atoms with Gasteiger partial charge in [-0.15, -0.1) is 0 Å². The van der Waals surface area contributed by atoms with E-state index in [4.69, 9.17) is 4.74 Å². The Labute approximate surface area is 150 Å². The molecule has 1 aromatic heterocycles. The molecule has 140 valence electrons. The van der Waals surface area contributed by atoms with E-state index in [2.05, 4.69) is 9.82 Å². The summed E-state index contributed by atoms with van der Waals surface area (Å²) >= 11 is 0. The third-order valence-corrected chi connectivity index (χ3v) is 5.45. The fourth-order valence-electron chi connectivity index (χ4n) is 2.78. The van der Waals surface area contributed by atoms with Gasteiger partial charge in [0.2, 0.25) is 10.0 Å². The van der Waals surface area contributed by atoms with E-state index in [1.807, 2.05) is 0 Å². The van der Waals surface area contributed by atoms with Crippen LogP contribution in [0.3, 0.4) is 0 Å². The second-order valence-electron chi connectivity index (χ2n) is 6.05. The minimum absolute atomic E-state index is 0.0575. The number of hydrogen-bond acceptors (Lipinski definition) is 5. The lowest BCUT2D eigenvalue weighted by molar-refractivity contribution is 0.339. The monoisotopic (exact) mass is 381 g/mol. The van der Waals surface area contributed by atoms with Crippen LogP contribution in [0.5, 0.6) is 5.75 Å². The molecule has 1 aliphatic rings. The topological polar surface area (TPSA) is 90.3 Å². The third kappa shape index (κ3) is 4.89. The van der Waals surface area contributed by atoms with Gasteiger partial charge in [-0.25, -0.2) is 22.2 Å². The molecule has 3 rings (SSSR count). The zero-order chi connectivity index (χ0) is 18.6. The SMILES string of the molecule is O=c1cc2c(nn1CCNS(=O)(=O)CCOc1ccc(F)cc1)CCC2. The maximum absolute atomic E-state index is 12.8. The second kappa shape index (κ2) is 7.96. The molecular weight excluding hydrogens is 361 g/mol. The van der Waals surface area contributed by atoms with E-state index in [0.717, 1.165) is 30.5 Å². The minimum Gasteiger partial charge on any atom is -0.492 e. The van der Waals surface area contributed by atoms with Crippen molar-refractivity contribution < 1.29 is 17.5 Å². The zero-order valence-electron chi connectivity index (χ0n) is 14.2. The van der Waals surface area contributed by atoms with E-state index in [1.165, 1.54) is 28.9 Å². The summed E-state index contributed by atoms with van der Waals surface area (Å²) < 4.78 is 45.7. The lowest BCUT2D eigenvalue weighted by Crippen LogP contribution is -2.34.